The van der Waals surface area contributed by atoms with E-state index in [0.717, 1.165) is 5.56 Å². The van der Waals surface area contributed by atoms with Crippen LogP contribution in [0.5, 0.6) is 5.75 Å². The van der Waals surface area contributed by atoms with E-state index < -0.39 is 12.4 Å². The zero-order valence-electron chi connectivity index (χ0n) is 18.3. The van der Waals surface area contributed by atoms with Crippen LogP contribution in [0.25, 0.3) is 16.8 Å². The number of hydrogen-bond acceptors (Lipinski definition) is 6. The van der Waals surface area contributed by atoms with Crippen molar-refractivity contribution in [3.05, 3.63) is 69.2 Å². The number of aromatic nitrogens is 4. The second-order valence-corrected chi connectivity index (χ2v) is 9.20. The Morgan fingerprint density at radius 2 is 2.00 bits per heavy atom. The lowest BCUT2D eigenvalue weighted by Gasteiger charge is -2.34. The number of nitrogens with zero attached hydrogens (tertiary/aromatic N) is 5. The van der Waals surface area contributed by atoms with Gasteiger partial charge in [0.15, 0.2) is 5.65 Å². The number of anilines is 1. The molecule has 12 heteroatoms. The number of benzene rings is 1. The molecule has 0 fully saturated rings. The molecule has 180 valence electrons. The van der Waals surface area contributed by atoms with Gasteiger partial charge < -0.3 is 15.4 Å². The lowest BCUT2D eigenvalue weighted by molar-refractivity contribution is -0.275. The first-order valence-corrected chi connectivity index (χ1v) is 11.6. The van der Waals surface area contributed by atoms with Crippen molar-refractivity contribution in [1.29, 1.82) is 0 Å². The maximum absolute atomic E-state index is 13.5. The van der Waals surface area contributed by atoms with Crippen LogP contribution in [0.4, 0.5) is 19.1 Å². The van der Waals surface area contributed by atoms with E-state index in [1.54, 1.807) is 75.6 Å². The fourth-order valence-corrected chi connectivity index (χ4v) is 4.84. The summed E-state index contributed by atoms with van der Waals surface area (Å²) in [5.74, 6) is -0.452. The van der Waals surface area contributed by atoms with Crippen LogP contribution in [0.15, 0.2) is 48.8 Å². The van der Waals surface area contributed by atoms with Crippen LogP contribution in [0.1, 0.15) is 34.6 Å². The van der Waals surface area contributed by atoms with Crippen LogP contribution in [-0.4, -0.2) is 43.3 Å². The number of amides is 1. The number of hydrogen-bond donors (Lipinski definition) is 1. The third-order valence-electron chi connectivity index (χ3n) is 5.87. The van der Waals surface area contributed by atoms with Gasteiger partial charge in [0.25, 0.3) is 5.91 Å². The summed E-state index contributed by atoms with van der Waals surface area (Å²) >= 11 is 1.80. The number of carbonyl (C=O) groups is 1. The smallest absolute Gasteiger partial charge is 0.404 e. The van der Waals surface area contributed by atoms with E-state index in [9.17, 15) is 18.0 Å². The molecule has 8 nitrogen and oxygen atoms in total. The zero-order valence-corrected chi connectivity index (χ0v) is 20.4. The number of alkyl halides is 3. The van der Waals surface area contributed by atoms with Crippen LogP contribution in [0.3, 0.4) is 0 Å². The summed E-state index contributed by atoms with van der Waals surface area (Å²) in [7, 11) is 0. The molecule has 0 saturated heterocycles. The van der Waals surface area contributed by atoms with Crippen LogP contribution >= 0.6 is 22.6 Å². The van der Waals surface area contributed by atoms with E-state index in [0.29, 0.717) is 39.0 Å². The van der Waals surface area contributed by atoms with Crippen molar-refractivity contribution >= 4 is 40.1 Å². The van der Waals surface area contributed by atoms with Gasteiger partial charge in [0.1, 0.15) is 5.75 Å². The molecule has 1 aliphatic heterocycles. The number of ether oxygens (including phenoxy) is 1. The van der Waals surface area contributed by atoms with E-state index in [1.165, 1.54) is 6.07 Å². The van der Waals surface area contributed by atoms with Crippen LogP contribution < -0.4 is 10.5 Å². The van der Waals surface area contributed by atoms with Crippen LogP contribution in [0, 0.1) is 3.57 Å². The minimum absolute atomic E-state index is 0.148. The Hall–Kier alpha value is -3.42. The molecule has 3 aromatic heterocycles. The van der Waals surface area contributed by atoms with E-state index >= 15 is 0 Å². The number of carbonyl (C=O) groups excluding carboxylic acids is 1. The molecule has 1 aromatic carbocycles. The number of halogens is 4. The maximum Gasteiger partial charge on any atom is 0.573 e. The third kappa shape index (κ3) is 4.49. The van der Waals surface area contributed by atoms with Gasteiger partial charge >= 0.3 is 6.36 Å². The van der Waals surface area contributed by atoms with Crippen molar-refractivity contribution in [2.24, 2.45) is 0 Å². The first kappa shape index (κ1) is 23.3. The Bertz CT molecular complexity index is 1460. The normalized spacial score (nSPS) is 14.8. The molecule has 5 rings (SSSR count). The molecule has 0 spiro atoms. The minimum Gasteiger partial charge on any atom is -0.404 e. The number of pyridine rings is 2. The van der Waals surface area contributed by atoms with Gasteiger partial charge in [0.05, 0.1) is 20.9 Å². The van der Waals surface area contributed by atoms with Crippen LogP contribution in [0.2, 0.25) is 0 Å². The quantitative estimate of drug-likeness (QED) is 0.346. The average molecular weight is 594 g/mol. The molecule has 35 heavy (non-hydrogen) atoms. The highest BCUT2D eigenvalue weighted by Crippen LogP contribution is 2.38. The average Bonchev–Trinajstić information content (AvgIpc) is 3.18. The van der Waals surface area contributed by atoms with Crippen molar-refractivity contribution in [3.63, 3.8) is 0 Å². The topological polar surface area (TPSA) is 98.6 Å². The summed E-state index contributed by atoms with van der Waals surface area (Å²) in [4.78, 5) is 23.7. The fraction of sp³-hybridized carbons (Fsp3) is 0.217. The summed E-state index contributed by atoms with van der Waals surface area (Å²) in [6.45, 7) is 2.01. The van der Waals surface area contributed by atoms with Crippen molar-refractivity contribution in [3.8, 4) is 16.9 Å². The molecule has 0 bridgehead atoms. The Morgan fingerprint density at radius 1 is 1.20 bits per heavy atom. The van der Waals surface area contributed by atoms with E-state index in [1.807, 2.05) is 6.07 Å². The highest BCUT2D eigenvalue weighted by molar-refractivity contribution is 14.1. The molecule has 0 radical (unpaired) electrons. The predicted molar refractivity (Wildman–Crippen MR) is 130 cm³/mol. The molecular weight excluding hydrogens is 576 g/mol. The zero-order chi connectivity index (χ0) is 24.9. The molecule has 1 unspecified atom stereocenters. The SMILES string of the molecule is CC(c1cccc(I)c1OC(F)(F)F)N1CCc2ncc(-c3ccn4nc(N)nc4c3)cc2C1=O. The molecule has 1 atom stereocenters. The molecule has 0 aliphatic carbocycles. The Kier molecular flexibility index (Phi) is 5.77. The van der Waals surface area contributed by atoms with Gasteiger partial charge in [-0.05, 0) is 59.3 Å². The van der Waals surface area contributed by atoms with Crippen LogP contribution in [-0.2, 0) is 6.42 Å². The summed E-state index contributed by atoms with van der Waals surface area (Å²) < 4.78 is 45.3. The Labute approximate surface area is 211 Å². The van der Waals surface area contributed by atoms with Gasteiger partial charge in [0.2, 0.25) is 5.95 Å². The Morgan fingerprint density at radius 3 is 2.77 bits per heavy atom. The third-order valence-corrected chi connectivity index (χ3v) is 6.72. The molecule has 4 heterocycles. The second-order valence-electron chi connectivity index (χ2n) is 8.04. The molecule has 2 N–H and O–H groups in total. The molecule has 1 amide bonds. The Balaban J connectivity index is 1.48. The maximum atomic E-state index is 13.5. The summed E-state index contributed by atoms with van der Waals surface area (Å²) in [5.41, 5.74) is 9.02. The number of rotatable bonds is 4. The number of nitrogen functional groups attached to an aromatic ring is 1. The van der Waals surface area contributed by atoms with Gasteiger partial charge in [-0.3, -0.25) is 9.78 Å². The second kappa shape index (κ2) is 8.66. The largest absolute Gasteiger partial charge is 0.573 e. The van der Waals surface area contributed by atoms with Crippen molar-refractivity contribution in [2.75, 3.05) is 12.3 Å². The van der Waals surface area contributed by atoms with E-state index in [2.05, 4.69) is 19.8 Å². The summed E-state index contributed by atoms with van der Waals surface area (Å²) in [6, 6.07) is 9.41. The molecular formula is C23H18F3IN6O2. The van der Waals surface area contributed by atoms with Crippen molar-refractivity contribution < 1.29 is 22.7 Å². The lowest BCUT2D eigenvalue weighted by atomic mass is 9.97. The van der Waals surface area contributed by atoms with E-state index in [-0.39, 0.29) is 23.2 Å². The highest BCUT2D eigenvalue weighted by atomic mass is 127. The number of para-hydroxylation sites is 1. The fourth-order valence-electron chi connectivity index (χ4n) is 4.21. The highest BCUT2D eigenvalue weighted by Gasteiger charge is 2.36. The van der Waals surface area contributed by atoms with Gasteiger partial charge in [-0.15, -0.1) is 18.3 Å². The van der Waals surface area contributed by atoms with Gasteiger partial charge in [-0.25, -0.2) is 4.52 Å². The van der Waals surface area contributed by atoms with Crippen molar-refractivity contribution in [2.45, 2.75) is 25.7 Å². The summed E-state index contributed by atoms with van der Waals surface area (Å²) in [6.07, 6.45) is -0.970. The molecule has 4 aromatic rings. The molecule has 1 aliphatic rings. The minimum atomic E-state index is -4.84. The number of nitrogens with two attached hydrogens (primary N) is 1. The van der Waals surface area contributed by atoms with Gasteiger partial charge in [-0.1, -0.05) is 12.1 Å². The summed E-state index contributed by atoms with van der Waals surface area (Å²) in [5, 5.41) is 4.05. The first-order valence-electron chi connectivity index (χ1n) is 10.6. The number of fused-ring (bicyclic) bond motifs is 2. The molecule has 0 saturated carbocycles. The van der Waals surface area contributed by atoms with Gasteiger partial charge in [0, 0.05) is 36.5 Å². The first-order chi connectivity index (χ1) is 16.6. The standard InChI is InChI=1S/C23H18F3IN6O2/c1-12(15-3-2-4-17(27)20(15)35-23(24,25)26)32-7-6-18-16(21(32)34)9-14(11-29-18)13-5-8-33-19(10-13)30-22(28)31-33/h2-5,8-12H,6-7H2,1H3,(H2,28,31). The van der Waals surface area contributed by atoms with Gasteiger partial charge in [-0.2, -0.15) is 4.98 Å². The van der Waals surface area contributed by atoms with E-state index in [4.69, 9.17) is 5.73 Å². The van der Waals surface area contributed by atoms with Crippen molar-refractivity contribution in [1.82, 2.24) is 24.5 Å². The lowest BCUT2D eigenvalue weighted by Crippen LogP contribution is -2.40. The monoisotopic (exact) mass is 594 g/mol. The predicted octanol–water partition coefficient (Wildman–Crippen LogP) is 4.64.